The molecule has 0 aliphatic rings. The molecule has 13 N–H and O–H groups in total. The minimum atomic E-state index is -1.17. The molecule has 111 heavy (non-hydrogen) atoms. The molecule has 0 radical (unpaired) electrons. The predicted octanol–water partition coefficient (Wildman–Crippen LogP) is 6.47. The van der Waals surface area contributed by atoms with Crippen molar-refractivity contribution in [3.8, 4) is 0 Å². The van der Waals surface area contributed by atoms with Gasteiger partial charge in [-0.15, -0.1) is 0 Å². The van der Waals surface area contributed by atoms with Gasteiger partial charge in [0.15, 0.2) is 34.9 Å². The third-order valence-corrected chi connectivity index (χ3v) is 17.0. The Kier molecular flexibility index (Phi) is 34.5. The molecule has 6 aromatic rings. The lowest BCUT2D eigenvalue weighted by Crippen LogP contribution is -2.35. The average Bonchev–Trinajstić information content (AvgIpc) is 1.64. The van der Waals surface area contributed by atoms with Gasteiger partial charge in [-0.25, -0.2) is 37.4 Å². The van der Waals surface area contributed by atoms with Crippen molar-refractivity contribution < 1.29 is 97.9 Å². The van der Waals surface area contributed by atoms with Crippen LogP contribution in [0.3, 0.4) is 0 Å². The minimum absolute atomic E-state index is 0.0105. The number of nitrogens with zero attached hydrogens (tertiary/aromatic N) is 5. The first-order valence-electron chi connectivity index (χ1n) is 34.4. The number of nitrogens with two attached hydrogens (primary N) is 1. The number of nitrogens with one attached hydrogen (secondary N) is 11. The Morgan fingerprint density at radius 3 is 0.982 bits per heavy atom. The highest BCUT2D eigenvalue weighted by molar-refractivity contribution is 6.45. The normalized spacial score (nSPS) is 11.9. The van der Waals surface area contributed by atoms with E-state index in [2.05, 4.69) is 58.1 Å². The van der Waals surface area contributed by atoms with Gasteiger partial charge in [-0.05, 0) is 94.6 Å². The lowest BCUT2D eigenvalue weighted by atomic mass is 10.0. The Morgan fingerprint density at radius 2 is 0.694 bits per heavy atom. The second-order valence-corrected chi connectivity index (χ2v) is 24.8. The van der Waals surface area contributed by atoms with Crippen molar-refractivity contribution in [3.05, 3.63) is 193 Å². The standard InChI is InChI=1S/C73H89F6N17O15/c1-40-59(43(4)94(7)62(40)68(100)89-48-10-13-53(74)56(77)28-48)65(97)71(103)86-32-47(80)31-83-16-19-106-22-25-109-37-46(38-110-26-23-107-20-17-84-33-51(92-81)35-87-72(104)66(98)60-41(2)63(95(8)44(60)5)69(101)90-49-11-14-54(75)57(78)29-49)39-111-27-24-108-21-18-85-34-52(93-82)36-88-73(105)67(99)61-42(3)64(96(9)45(61)6)70(102)91-50-12-15-55(76)58(79)30-50/h10-15,28-31,33-34,46,81-85H,16-27,32,35-39,80H2,1-9H3,(H,86,103)(H,87,104)(H,88,105)(H,89,100)(H,90,101)(H,91,102)/b47-31-,51-33-,52-34-,92-81?,93-82?. The molecule has 0 unspecified atom stereocenters. The summed E-state index contributed by atoms with van der Waals surface area (Å²) in [6, 6.07) is 8.48. The van der Waals surface area contributed by atoms with E-state index in [0.717, 1.165) is 36.4 Å². The molecule has 3 aromatic heterocycles. The fraction of sp³-hybridized carbons (Fsp3) is 0.384. The predicted molar refractivity (Wildman–Crippen MR) is 391 cm³/mol. The van der Waals surface area contributed by atoms with Crippen molar-refractivity contribution in [1.82, 2.24) is 45.6 Å². The van der Waals surface area contributed by atoms with E-state index in [9.17, 15) is 69.5 Å². The van der Waals surface area contributed by atoms with Crippen LogP contribution in [0.5, 0.6) is 0 Å². The molecular formula is C73H89F6N17O15. The largest absolute Gasteiger partial charge is 0.399 e. The van der Waals surface area contributed by atoms with Crippen molar-refractivity contribution in [2.24, 2.45) is 43.0 Å². The smallest absolute Gasteiger partial charge is 0.292 e. The van der Waals surface area contributed by atoms with Crippen LogP contribution >= 0.6 is 0 Å². The summed E-state index contributed by atoms with van der Waals surface area (Å²) >= 11 is 0. The van der Waals surface area contributed by atoms with Gasteiger partial charge in [-0.1, -0.05) is 0 Å². The summed E-state index contributed by atoms with van der Waals surface area (Å²) < 4.78 is 121. The molecule has 3 heterocycles. The summed E-state index contributed by atoms with van der Waals surface area (Å²) in [6.07, 6.45) is 4.15. The number of rotatable bonds is 47. The van der Waals surface area contributed by atoms with E-state index >= 15 is 0 Å². The van der Waals surface area contributed by atoms with Crippen LogP contribution in [0.4, 0.5) is 43.4 Å². The molecule has 0 aliphatic heterocycles. The molecule has 6 rings (SSSR count). The Labute approximate surface area is 633 Å². The van der Waals surface area contributed by atoms with E-state index in [0.29, 0.717) is 23.6 Å². The summed E-state index contributed by atoms with van der Waals surface area (Å²) in [4.78, 5) is 119. The number of benzene rings is 3. The van der Waals surface area contributed by atoms with E-state index in [4.69, 9.17) is 45.2 Å². The van der Waals surface area contributed by atoms with Gasteiger partial charge in [0.1, 0.15) is 17.1 Å². The molecule has 0 saturated carbocycles. The summed E-state index contributed by atoms with van der Waals surface area (Å²) in [5.74, 6) is -15.2. The topological polar surface area (TPSA) is 431 Å². The van der Waals surface area contributed by atoms with E-state index in [1.165, 1.54) is 106 Å². The molecule has 0 bridgehead atoms. The highest BCUT2D eigenvalue weighted by Crippen LogP contribution is 2.28. The van der Waals surface area contributed by atoms with Gasteiger partial charge in [0.05, 0.1) is 127 Å². The van der Waals surface area contributed by atoms with Crippen LogP contribution in [0.25, 0.3) is 0 Å². The number of halogens is 6. The molecule has 32 nitrogen and oxygen atoms in total. The molecule has 0 fully saturated rings. The molecule has 0 atom stereocenters. The molecule has 0 saturated heterocycles. The monoisotopic (exact) mass is 1560 g/mol. The third kappa shape index (κ3) is 25.2. The second-order valence-electron chi connectivity index (χ2n) is 24.8. The zero-order valence-corrected chi connectivity index (χ0v) is 62.4. The number of anilines is 3. The fourth-order valence-electron chi connectivity index (χ4n) is 11.1. The lowest BCUT2D eigenvalue weighted by Gasteiger charge is -2.18. The van der Waals surface area contributed by atoms with Crippen LogP contribution in [0, 0.1) is 93.4 Å². The highest BCUT2D eigenvalue weighted by Gasteiger charge is 2.32. The summed E-state index contributed by atoms with van der Waals surface area (Å²) in [6.45, 7) is 11.3. The average molecular weight is 1560 g/mol. The van der Waals surface area contributed by atoms with Gasteiger partial charge in [-0.2, -0.15) is 10.2 Å². The maximum Gasteiger partial charge on any atom is 0.292 e. The number of Topliss-reactive ketones (excluding diaryl/α,β-unsaturated/α-hetero) is 3. The Balaban J connectivity index is 0.904. The first kappa shape index (κ1) is 88.2. The number of ether oxygens (including phenoxy) is 6. The molecule has 598 valence electrons. The van der Waals surface area contributed by atoms with E-state index in [-0.39, 0.29) is 203 Å². The molecule has 0 spiro atoms. The number of carbonyl (C=O) groups is 9. The van der Waals surface area contributed by atoms with Crippen molar-refractivity contribution in [2.45, 2.75) is 41.5 Å². The third-order valence-electron chi connectivity index (χ3n) is 17.0. The number of amides is 6. The van der Waals surface area contributed by atoms with Crippen LogP contribution < -0.4 is 53.6 Å². The summed E-state index contributed by atoms with van der Waals surface area (Å²) in [5, 5.41) is 30.3. The number of hydrogen-bond donors (Lipinski definition) is 12. The molecule has 6 amide bonds. The highest BCUT2D eigenvalue weighted by atomic mass is 19.2. The van der Waals surface area contributed by atoms with Crippen LogP contribution in [0.1, 0.15) is 96.3 Å². The summed E-state index contributed by atoms with van der Waals surface area (Å²) in [7, 11) is 4.52. The summed E-state index contributed by atoms with van der Waals surface area (Å²) in [5.41, 5.74) is 22.8. The first-order chi connectivity index (χ1) is 52.9. The van der Waals surface area contributed by atoms with Gasteiger partial charge >= 0.3 is 0 Å². The van der Waals surface area contributed by atoms with Gasteiger partial charge in [0.2, 0.25) is 0 Å². The maximum absolute atomic E-state index is 13.8. The quantitative estimate of drug-likeness (QED) is 0.00640. The molecule has 38 heteroatoms. The van der Waals surface area contributed by atoms with E-state index in [1.54, 1.807) is 6.92 Å². The lowest BCUT2D eigenvalue weighted by molar-refractivity contribution is -0.117. The van der Waals surface area contributed by atoms with Crippen molar-refractivity contribution in [3.63, 3.8) is 0 Å². The number of hydrogen-bond acceptors (Lipinski definition) is 23. The molecular weight excluding hydrogens is 1470 g/mol. The van der Waals surface area contributed by atoms with Crippen LogP contribution in [-0.2, 0) is 63.9 Å². The maximum atomic E-state index is 13.8. The minimum Gasteiger partial charge on any atom is -0.399 e. The molecule has 3 aromatic carbocycles. The number of ketones is 3. The first-order valence-corrected chi connectivity index (χ1v) is 34.4. The zero-order chi connectivity index (χ0) is 81.6. The van der Waals surface area contributed by atoms with Crippen LogP contribution in [-0.4, -0.2) is 185 Å². The number of carbonyl (C=O) groups excluding carboxylic acids is 9. The van der Waals surface area contributed by atoms with E-state index in [1.807, 2.05) is 0 Å². The fourth-order valence-corrected chi connectivity index (χ4v) is 11.1. The van der Waals surface area contributed by atoms with Crippen LogP contribution in [0.15, 0.2) is 101 Å². The van der Waals surface area contributed by atoms with Crippen molar-refractivity contribution in [1.29, 1.82) is 11.1 Å². The SMILES string of the molecule is Cc1c(C(=O)C(=O)NC/C(N)=C/NCCOCCOCC(COCCOCCN/C=C(/CNC(=O)C(=O)c2c(C)c(C(=O)Nc3ccc(F)c(F)c3)n(C)c2C)N=N)COCCOCCN/C=C(/CNC(=O)C(=O)c2c(C)c(C(=O)Nc3ccc(F)c(F)c3)n(C)c2C)N=N)c(C)n(C)c1C(=O)Nc1ccc(F)c(F)c1. The van der Waals surface area contributed by atoms with Gasteiger partial charge < -0.3 is 95.7 Å². The number of aromatic nitrogens is 3. The Bertz CT molecular complexity index is 4330. The van der Waals surface area contributed by atoms with Gasteiger partial charge in [0.25, 0.3) is 52.8 Å². The zero-order valence-electron chi connectivity index (χ0n) is 62.4. The van der Waals surface area contributed by atoms with Crippen molar-refractivity contribution >= 4 is 69.9 Å². The second kappa shape index (κ2) is 43.5. The van der Waals surface area contributed by atoms with Crippen molar-refractivity contribution in [2.75, 3.05) is 135 Å². The van der Waals surface area contributed by atoms with Gasteiger partial charge in [0, 0.05) is 123 Å². The van der Waals surface area contributed by atoms with Crippen LogP contribution in [0.2, 0.25) is 0 Å². The Hall–Kier alpha value is -11.7. The van der Waals surface area contributed by atoms with E-state index < -0.39 is 87.7 Å². The van der Waals surface area contributed by atoms with Gasteiger partial charge in [-0.3, -0.25) is 43.2 Å². The molecule has 0 aliphatic carbocycles. The Morgan fingerprint density at radius 1 is 0.414 bits per heavy atom.